The summed E-state index contributed by atoms with van der Waals surface area (Å²) in [5, 5.41) is 18.6. The Morgan fingerprint density at radius 3 is 2.29 bits per heavy atom. The minimum atomic E-state index is -0.213. The average molecular weight is 376 g/mol. The molecule has 6 nitrogen and oxygen atoms in total. The van der Waals surface area contributed by atoms with Crippen LogP contribution in [0.1, 0.15) is 16.8 Å². The molecule has 7 heteroatoms. The molecule has 2 heterocycles. The highest BCUT2D eigenvalue weighted by Gasteiger charge is 2.25. The largest absolute Gasteiger partial charge is 0.366 e. The third-order valence-electron chi connectivity index (χ3n) is 5.27. The minimum absolute atomic E-state index is 0.213. The lowest BCUT2D eigenvalue weighted by atomic mass is 10.1. The molecule has 0 unspecified atom stereocenters. The maximum Gasteiger partial charge on any atom is 0.207 e. The zero-order valence-corrected chi connectivity index (χ0v) is 15.9. The SMILES string of the molecule is Cc1cccc(-n2nc(C#N)c(N3CCN(c4ccccc4F)CC3)n2)c1C. The Balaban J connectivity index is 1.58. The zero-order valence-electron chi connectivity index (χ0n) is 15.9. The van der Waals surface area contributed by atoms with Crippen molar-refractivity contribution in [1.29, 1.82) is 5.26 Å². The molecule has 4 rings (SSSR count). The number of benzene rings is 2. The van der Waals surface area contributed by atoms with Crippen molar-refractivity contribution in [3.8, 4) is 11.8 Å². The number of rotatable bonds is 3. The summed E-state index contributed by atoms with van der Waals surface area (Å²) >= 11 is 0. The van der Waals surface area contributed by atoms with Gasteiger partial charge >= 0.3 is 0 Å². The van der Waals surface area contributed by atoms with Crippen molar-refractivity contribution < 1.29 is 4.39 Å². The summed E-state index contributed by atoms with van der Waals surface area (Å²) in [6.07, 6.45) is 0. The first-order chi connectivity index (χ1) is 13.6. The normalized spacial score (nSPS) is 14.2. The van der Waals surface area contributed by atoms with Crippen molar-refractivity contribution in [3.05, 3.63) is 65.1 Å². The average Bonchev–Trinajstić information content (AvgIpc) is 3.15. The van der Waals surface area contributed by atoms with Gasteiger partial charge in [-0.05, 0) is 43.2 Å². The number of nitriles is 1. The van der Waals surface area contributed by atoms with Gasteiger partial charge in [0.05, 0.1) is 11.4 Å². The summed E-state index contributed by atoms with van der Waals surface area (Å²) in [7, 11) is 0. The molecule has 0 saturated carbocycles. The fourth-order valence-corrected chi connectivity index (χ4v) is 3.51. The van der Waals surface area contributed by atoms with Crippen LogP contribution < -0.4 is 9.80 Å². The highest BCUT2D eigenvalue weighted by atomic mass is 19.1. The summed E-state index contributed by atoms with van der Waals surface area (Å²) in [4.78, 5) is 5.61. The predicted molar refractivity (Wildman–Crippen MR) is 106 cm³/mol. The van der Waals surface area contributed by atoms with Gasteiger partial charge in [-0.2, -0.15) is 5.26 Å². The highest BCUT2D eigenvalue weighted by Crippen LogP contribution is 2.24. The molecule has 28 heavy (non-hydrogen) atoms. The molecule has 0 radical (unpaired) electrons. The summed E-state index contributed by atoms with van der Waals surface area (Å²) < 4.78 is 14.1. The smallest absolute Gasteiger partial charge is 0.207 e. The minimum Gasteiger partial charge on any atom is -0.366 e. The number of hydrogen-bond acceptors (Lipinski definition) is 5. The lowest BCUT2D eigenvalue weighted by molar-refractivity contribution is 0.595. The number of hydrogen-bond donors (Lipinski definition) is 0. The molecular weight excluding hydrogens is 355 g/mol. The van der Waals surface area contributed by atoms with E-state index in [2.05, 4.69) is 16.3 Å². The lowest BCUT2D eigenvalue weighted by Crippen LogP contribution is -2.47. The summed E-state index contributed by atoms with van der Waals surface area (Å²) in [6, 6.07) is 14.9. The lowest BCUT2D eigenvalue weighted by Gasteiger charge is -2.36. The number of anilines is 2. The molecule has 1 aliphatic rings. The van der Waals surface area contributed by atoms with Crippen LogP contribution in [0.3, 0.4) is 0 Å². The molecule has 0 amide bonds. The first-order valence-corrected chi connectivity index (χ1v) is 9.27. The van der Waals surface area contributed by atoms with E-state index in [0.29, 0.717) is 43.4 Å². The van der Waals surface area contributed by atoms with Crippen LogP contribution in [0.25, 0.3) is 5.69 Å². The Morgan fingerprint density at radius 2 is 1.57 bits per heavy atom. The van der Waals surface area contributed by atoms with E-state index >= 15 is 0 Å². The van der Waals surface area contributed by atoms with Crippen molar-refractivity contribution >= 4 is 11.5 Å². The molecule has 1 aliphatic heterocycles. The standard InChI is InChI=1S/C21H21FN6/c1-15-6-5-9-19(16(15)2)28-24-18(14-23)21(25-28)27-12-10-26(11-13-27)20-8-4-3-7-17(20)22/h3-9H,10-13H2,1-2H3. The first kappa shape index (κ1) is 18.0. The molecular formula is C21H21FN6. The number of aromatic nitrogens is 3. The van der Waals surface area contributed by atoms with Crippen molar-refractivity contribution in [2.45, 2.75) is 13.8 Å². The Hall–Kier alpha value is -3.40. The van der Waals surface area contributed by atoms with Crippen LogP contribution >= 0.6 is 0 Å². The Bertz CT molecular complexity index is 1040. The topological polar surface area (TPSA) is 61.0 Å². The predicted octanol–water partition coefficient (Wildman–Crippen LogP) is 3.22. The Kier molecular flexibility index (Phi) is 4.70. The molecule has 1 saturated heterocycles. The van der Waals surface area contributed by atoms with Gasteiger partial charge in [-0.3, -0.25) is 0 Å². The van der Waals surface area contributed by atoms with E-state index in [1.54, 1.807) is 16.9 Å². The second-order valence-electron chi connectivity index (χ2n) is 6.92. The molecule has 1 fully saturated rings. The molecule has 0 atom stereocenters. The molecule has 1 aromatic heterocycles. The van der Waals surface area contributed by atoms with E-state index in [1.165, 1.54) is 6.07 Å². The Labute approximate surface area is 163 Å². The highest BCUT2D eigenvalue weighted by molar-refractivity contribution is 5.54. The summed E-state index contributed by atoms with van der Waals surface area (Å²) in [6.45, 7) is 6.66. The third-order valence-corrected chi connectivity index (χ3v) is 5.27. The second-order valence-corrected chi connectivity index (χ2v) is 6.92. The van der Waals surface area contributed by atoms with Crippen molar-refractivity contribution in [1.82, 2.24) is 15.0 Å². The van der Waals surface area contributed by atoms with Gasteiger partial charge < -0.3 is 9.80 Å². The molecule has 0 spiro atoms. The summed E-state index contributed by atoms with van der Waals surface area (Å²) in [5.74, 6) is 0.367. The van der Waals surface area contributed by atoms with E-state index < -0.39 is 0 Å². The van der Waals surface area contributed by atoms with Crippen LogP contribution in [-0.4, -0.2) is 41.2 Å². The second kappa shape index (κ2) is 7.31. The van der Waals surface area contributed by atoms with Crippen molar-refractivity contribution in [2.24, 2.45) is 0 Å². The molecule has 2 aromatic carbocycles. The van der Waals surface area contributed by atoms with Gasteiger partial charge in [0.15, 0.2) is 5.82 Å². The molecule has 0 bridgehead atoms. The van der Waals surface area contributed by atoms with E-state index in [1.807, 2.05) is 47.9 Å². The van der Waals surface area contributed by atoms with Crippen LogP contribution in [0.5, 0.6) is 0 Å². The summed E-state index contributed by atoms with van der Waals surface area (Å²) in [5.41, 5.74) is 4.01. The van der Waals surface area contributed by atoms with Gasteiger partial charge in [-0.25, -0.2) is 4.39 Å². The van der Waals surface area contributed by atoms with E-state index in [4.69, 9.17) is 0 Å². The molecule has 0 N–H and O–H groups in total. The van der Waals surface area contributed by atoms with Crippen molar-refractivity contribution in [2.75, 3.05) is 36.0 Å². The maximum atomic E-state index is 14.1. The van der Waals surface area contributed by atoms with Crippen LogP contribution in [0.15, 0.2) is 42.5 Å². The quantitative estimate of drug-likeness (QED) is 0.702. The molecule has 0 aliphatic carbocycles. The van der Waals surface area contributed by atoms with Crippen LogP contribution in [-0.2, 0) is 0 Å². The zero-order chi connectivity index (χ0) is 19.7. The molecule has 142 valence electrons. The Morgan fingerprint density at radius 1 is 0.893 bits per heavy atom. The van der Waals surface area contributed by atoms with Gasteiger partial charge in [-0.1, -0.05) is 24.3 Å². The molecule has 3 aromatic rings. The number of para-hydroxylation sites is 1. The number of halogens is 1. The van der Waals surface area contributed by atoms with Crippen molar-refractivity contribution in [3.63, 3.8) is 0 Å². The van der Waals surface area contributed by atoms with Gasteiger partial charge in [0, 0.05) is 26.2 Å². The fraction of sp³-hybridized carbons (Fsp3) is 0.286. The van der Waals surface area contributed by atoms with Crippen LogP contribution in [0.4, 0.5) is 15.9 Å². The monoisotopic (exact) mass is 376 g/mol. The number of piperazine rings is 1. The fourth-order valence-electron chi connectivity index (χ4n) is 3.51. The van der Waals surface area contributed by atoms with Gasteiger partial charge in [0.1, 0.15) is 11.9 Å². The maximum absolute atomic E-state index is 14.1. The number of aryl methyl sites for hydroxylation is 1. The number of nitrogens with zero attached hydrogens (tertiary/aromatic N) is 6. The van der Waals surface area contributed by atoms with Gasteiger partial charge in [-0.15, -0.1) is 15.0 Å². The van der Waals surface area contributed by atoms with Crippen LogP contribution in [0.2, 0.25) is 0 Å². The van der Waals surface area contributed by atoms with E-state index in [0.717, 1.165) is 16.8 Å². The first-order valence-electron chi connectivity index (χ1n) is 9.27. The van der Waals surface area contributed by atoms with E-state index in [-0.39, 0.29) is 5.82 Å². The van der Waals surface area contributed by atoms with Gasteiger partial charge in [0.25, 0.3) is 0 Å². The van der Waals surface area contributed by atoms with Gasteiger partial charge in [0.2, 0.25) is 5.69 Å². The van der Waals surface area contributed by atoms with Crippen LogP contribution in [0, 0.1) is 31.0 Å². The third kappa shape index (κ3) is 3.18. The van der Waals surface area contributed by atoms with E-state index in [9.17, 15) is 9.65 Å².